The van der Waals surface area contributed by atoms with Crippen LogP contribution in [0.4, 0.5) is 0 Å². The van der Waals surface area contributed by atoms with Gasteiger partial charge in [0.25, 0.3) is 0 Å². The second-order valence-corrected chi connectivity index (χ2v) is 16.0. The maximum atomic E-state index is 6.75. The maximum absolute atomic E-state index is 6.75. The highest BCUT2D eigenvalue weighted by molar-refractivity contribution is 6.29. The summed E-state index contributed by atoms with van der Waals surface area (Å²) in [5.41, 5.74) is 9.76. The molecule has 0 radical (unpaired) electrons. The molecule has 10 aromatic carbocycles. The molecule has 0 bridgehead atoms. The molecule has 0 aliphatic carbocycles. The van der Waals surface area contributed by atoms with Crippen LogP contribution in [-0.2, 0) is 0 Å². The van der Waals surface area contributed by atoms with Gasteiger partial charge in [-0.2, -0.15) is 0 Å². The molecule has 0 atom stereocenters. The highest BCUT2D eigenvalue weighted by Crippen LogP contribution is 2.44. The first-order chi connectivity index (χ1) is 30.7. The van der Waals surface area contributed by atoms with Crippen molar-refractivity contribution in [3.63, 3.8) is 0 Å². The normalized spacial score (nSPS) is 11.9. The Hall–Kier alpha value is -8.41. The molecule has 0 amide bonds. The molecule has 0 saturated carbocycles. The van der Waals surface area contributed by atoms with Crippen LogP contribution in [0.1, 0.15) is 0 Å². The van der Waals surface area contributed by atoms with Gasteiger partial charge in [-0.15, -0.1) is 0 Å². The number of furan rings is 1. The van der Waals surface area contributed by atoms with Crippen molar-refractivity contribution >= 4 is 76.1 Å². The van der Waals surface area contributed by atoms with Gasteiger partial charge in [0.2, 0.25) is 0 Å². The lowest BCUT2D eigenvalue weighted by Crippen LogP contribution is -2.01. The van der Waals surface area contributed by atoms with Gasteiger partial charge in [0.15, 0.2) is 17.5 Å². The topological polar surface area (TPSA) is 56.7 Å². The molecular weight excluding hydrogens is 757 g/mol. The zero-order valence-electron chi connectivity index (χ0n) is 33.3. The Morgan fingerprint density at radius 3 is 1.48 bits per heavy atom. The third-order valence-corrected chi connectivity index (χ3v) is 12.4. The zero-order chi connectivity index (χ0) is 40.7. The number of benzene rings is 10. The molecule has 3 aromatic heterocycles. The number of fused-ring (bicyclic) bond motifs is 11. The van der Waals surface area contributed by atoms with Crippen molar-refractivity contribution in [2.24, 2.45) is 0 Å². The van der Waals surface area contributed by atoms with Crippen LogP contribution in [0, 0.1) is 0 Å². The average molecular weight is 791 g/mol. The van der Waals surface area contributed by atoms with E-state index in [2.05, 4.69) is 168 Å². The first-order valence-electron chi connectivity index (χ1n) is 20.9. The number of hydrogen-bond acceptors (Lipinski definition) is 4. The fourth-order valence-corrected chi connectivity index (χ4v) is 9.48. The molecule has 13 rings (SSSR count). The summed E-state index contributed by atoms with van der Waals surface area (Å²) in [6.45, 7) is 0. The molecule has 0 fully saturated rings. The van der Waals surface area contributed by atoms with E-state index < -0.39 is 0 Å². The summed E-state index contributed by atoms with van der Waals surface area (Å²) in [4.78, 5) is 15.6. The summed E-state index contributed by atoms with van der Waals surface area (Å²) in [6.07, 6.45) is 0. The summed E-state index contributed by atoms with van der Waals surface area (Å²) in [6, 6.07) is 72.8. The Morgan fingerprint density at radius 1 is 0.306 bits per heavy atom. The van der Waals surface area contributed by atoms with Crippen molar-refractivity contribution in [2.45, 2.75) is 0 Å². The second kappa shape index (κ2) is 13.6. The molecule has 5 heteroatoms. The number of nitrogens with zero attached hydrogens (tertiary/aromatic N) is 4. The molecule has 288 valence electrons. The van der Waals surface area contributed by atoms with Gasteiger partial charge in [-0.05, 0) is 79.8 Å². The van der Waals surface area contributed by atoms with Crippen LogP contribution >= 0.6 is 0 Å². The van der Waals surface area contributed by atoms with Crippen LogP contribution in [0.2, 0.25) is 0 Å². The summed E-state index contributed by atoms with van der Waals surface area (Å²) in [7, 11) is 0. The smallest absolute Gasteiger partial charge is 0.164 e. The number of rotatable bonds is 5. The minimum Gasteiger partial charge on any atom is -0.456 e. The predicted octanol–water partition coefficient (Wildman–Crippen LogP) is 15.0. The fraction of sp³-hybridized carbons (Fsp3) is 0. The summed E-state index contributed by atoms with van der Waals surface area (Å²) in [5.74, 6) is 1.76. The van der Waals surface area contributed by atoms with Gasteiger partial charge >= 0.3 is 0 Å². The molecule has 0 unspecified atom stereocenters. The Bertz CT molecular complexity index is 3830. The molecule has 0 aliphatic rings. The van der Waals surface area contributed by atoms with Crippen LogP contribution in [0.15, 0.2) is 211 Å². The van der Waals surface area contributed by atoms with Gasteiger partial charge in [0, 0.05) is 32.8 Å². The van der Waals surface area contributed by atoms with Crippen molar-refractivity contribution in [1.29, 1.82) is 0 Å². The summed E-state index contributed by atoms with van der Waals surface area (Å²) in [5, 5.41) is 11.8. The van der Waals surface area contributed by atoms with E-state index in [0.29, 0.717) is 17.5 Å². The van der Waals surface area contributed by atoms with E-state index in [1.807, 2.05) is 42.5 Å². The fourth-order valence-electron chi connectivity index (χ4n) is 9.48. The lowest BCUT2D eigenvalue weighted by Gasteiger charge is -2.13. The maximum Gasteiger partial charge on any atom is 0.164 e. The minimum atomic E-state index is 0.563. The van der Waals surface area contributed by atoms with Gasteiger partial charge in [-0.25, -0.2) is 15.0 Å². The minimum absolute atomic E-state index is 0.563. The molecule has 0 aliphatic heterocycles. The first-order valence-corrected chi connectivity index (χ1v) is 20.9. The average Bonchev–Trinajstić information content (AvgIpc) is 3.90. The quantitative estimate of drug-likeness (QED) is 0.174. The Balaban J connectivity index is 1.06. The molecule has 3 heterocycles. The standard InChI is InChI=1S/C57H34N4O/c1-2-15-39(16-3-1)55-58-56(40-25-22-36(23-26-40)42-27-24-35-12-4-5-17-41(35)32-42)60-57(59-55)43-33-49(52-46-20-10-11-21-50(46)62-51(52)34-43)61-47-30-28-37-13-6-8-18-44(37)53(47)54-45-19-9-7-14-38(45)29-31-48(54)61/h1-34H. The van der Waals surface area contributed by atoms with Crippen molar-refractivity contribution in [1.82, 2.24) is 19.5 Å². The molecule has 5 nitrogen and oxygen atoms in total. The van der Waals surface area contributed by atoms with Crippen LogP contribution in [0.3, 0.4) is 0 Å². The van der Waals surface area contributed by atoms with Crippen molar-refractivity contribution in [3.8, 4) is 51.0 Å². The van der Waals surface area contributed by atoms with Crippen LogP contribution < -0.4 is 0 Å². The van der Waals surface area contributed by atoms with E-state index in [-0.39, 0.29) is 0 Å². The molecule has 0 saturated heterocycles. The molecule has 13 aromatic rings. The van der Waals surface area contributed by atoms with Gasteiger partial charge < -0.3 is 8.98 Å². The molecule has 62 heavy (non-hydrogen) atoms. The summed E-state index contributed by atoms with van der Waals surface area (Å²) < 4.78 is 9.16. The second-order valence-electron chi connectivity index (χ2n) is 16.0. The monoisotopic (exact) mass is 790 g/mol. The molecule has 0 N–H and O–H groups in total. The van der Waals surface area contributed by atoms with Gasteiger partial charge in [0.1, 0.15) is 11.2 Å². The highest BCUT2D eigenvalue weighted by Gasteiger charge is 2.23. The third kappa shape index (κ3) is 5.38. The van der Waals surface area contributed by atoms with E-state index in [0.717, 1.165) is 66.5 Å². The SMILES string of the molecule is c1ccc(-c2nc(-c3ccc(-c4ccc5ccccc5c4)cc3)nc(-c3cc(-n4c5ccc6ccccc6c5c5c6ccccc6ccc54)c4c(c3)oc3ccccc34)n2)cc1. The Labute approximate surface area is 355 Å². The van der Waals surface area contributed by atoms with Crippen molar-refractivity contribution in [3.05, 3.63) is 206 Å². The van der Waals surface area contributed by atoms with Crippen LogP contribution in [0.25, 0.3) is 127 Å². The van der Waals surface area contributed by atoms with Gasteiger partial charge in [0.05, 0.1) is 22.1 Å². The van der Waals surface area contributed by atoms with E-state index in [1.165, 1.54) is 43.1 Å². The lowest BCUT2D eigenvalue weighted by molar-refractivity contribution is 0.669. The van der Waals surface area contributed by atoms with E-state index in [9.17, 15) is 0 Å². The van der Waals surface area contributed by atoms with Crippen LogP contribution in [-0.4, -0.2) is 19.5 Å². The number of aromatic nitrogens is 4. The van der Waals surface area contributed by atoms with E-state index >= 15 is 0 Å². The Morgan fingerprint density at radius 2 is 0.806 bits per heavy atom. The zero-order valence-corrected chi connectivity index (χ0v) is 33.3. The Kier molecular flexibility index (Phi) is 7.54. The lowest BCUT2D eigenvalue weighted by atomic mass is 10.00. The largest absolute Gasteiger partial charge is 0.456 e. The van der Waals surface area contributed by atoms with Gasteiger partial charge in [-0.1, -0.05) is 170 Å². The van der Waals surface area contributed by atoms with Crippen molar-refractivity contribution < 1.29 is 4.42 Å². The number of hydrogen-bond donors (Lipinski definition) is 0. The van der Waals surface area contributed by atoms with E-state index in [1.54, 1.807) is 0 Å². The van der Waals surface area contributed by atoms with Gasteiger partial charge in [-0.3, -0.25) is 0 Å². The third-order valence-electron chi connectivity index (χ3n) is 12.4. The number of para-hydroxylation sites is 1. The summed E-state index contributed by atoms with van der Waals surface area (Å²) >= 11 is 0. The molecular formula is C57H34N4O. The highest BCUT2D eigenvalue weighted by atomic mass is 16.3. The first kappa shape index (κ1) is 34.5. The molecule has 0 spiro atoms. The van der Waals surface area contributed by atoms with Crippen LogP contribution in [0.5, 0.6) is 0 Å². The van der Waals surface area contributed by atoms with Crippen molar-refractivity contribution in [2.75, 3.05) is 0 Å². The predicted molar refractivity (Wildman–Crippen MR) is 256 cm³/mol. The van der Waals surface area contributed by atoms with E-state index in [4.69, 9.17) is 19.4 Å².